The fourth-order valence-electron chi connectivity index (χ4n) is 0.930. The Kier molecular flexibility index (Phi) is 3.62. The van der Waals surface area contributed by atoms with Crippen molar-refractivity contribution in [1.29, 1.82) is 0 Å². The lowest BCUT2D eigenvalue weighted by atomic mass is 10.2. The average molecular weight is 234 g/mol. The lowest BCUT2D eigenvalue weighted by molar-refractivity contribution is 0.124. The van der Waals surface area contributed by atoms with Gasteiger partial charge in [-0.2, -0.15) is 0 Å². The highest BCUT2D eigenvalue weighted by Crippen LogP contribution is 2.23. The fraction of sp³-hybridized carbons (Fsp3) is 0.500. The van der Waals surface area contributed by atoms with Crippen LogP contribution in [0.2, 0.25) is 5.02 Å². The van der Waals surface area contributed by atoms with E-state index in [0.717, 1.165) is 5.56 Å². The van der Waals surface area contributed by atoms with Gasteiger partial charge in [0, 0.05) is 18.1 Å². The molecular formula is C10H13Cl2NO. The molecule has 0 spiro atoms. The van der Waals surface area contributed by atoms with Crippen molar-refractivity contribution in [2.75, 3.05) is 0 Å². The van der Waals surface area contributed by atoms with Crippen molar-refractivity contribution in [3.63, 3.8) is 0 Å². The molecule has 0 amide bonds. The monoisotopic (exact) mass is 233 g/mol. The summed E-state index contributed by atoms with van der Waals surface area (Å²) in [5, 5.41) is 0.571. The molecule has 14 heavy (non-hydrogen) atoms. The number of halogens is 2. The van der Waals surface area contributed by atoms with Crippen LogP contribution in [-0.2, 0) is 5.88 Å². The highest BCUT2D eigenvalue weighted by atomic mass is 35.5. The van der Waals surface area contributed by atoms with Gasteiger partial charge in [-0.25, -0.2) is 4.98 Å². The molecule has 0 radical (unpaired) electrons. The van der Waals surface area contributed by atoms with Crippen LogP contribution in [0.15, 0.2) is 12.3 Å². The third kappa shape index (κ3) is 3.35. The van der Waals surface area contributed by atoms with Crippen LogP contribution in [0.5, 0.6) is 5.88 Å². The summed E-state index contributed by atoms with van der Waals surface area (Å²) < 4.78 is 5.57. The number of rotatable bonds is 2. The van der Waals surface area contributed by atoms with Gasteiger partial charge in [0.15, 0.2) is 0 Å². The molecule has 1 aromatic rings. The second-order valence-electron chi connectivity index (χ2n) is 3.96. The number of hydrogen-bond donors (Lipinski definition) is 0. The second kappa shape index (κ2) is 4.37. The van der Waals surface area contributed by atoms with Crippen LogP contribution in [0.25, 0.3) is 0 Å². The van der Waals surface area contributed by atoms with Crippen molar-refractivity contribution in [3.05, 3.63) is 22.8 Å². The van der Waals surface area contributed by atoms with Gasteiger partial charge in [-0.1, -0.05) is 11.6 Å². The van der Waals surface area contributed by atoms with E-state index >= 15 is 0 Å². The van der Waals surface area contributed by atoms with Crippen molar-refractivity contribution >= 4 is 23.2 Å². The number of ether oxygens (including phenoxy) is 1. The van der Waals surface area contributed by atoms with Gasteiger partial charge in [0.2, 0.25) is 5.88 Å². The standard InChI is InChI=1S/C10H13Cl2NO/c1-10(2,3)14-9-4-7(5-11)8(12)6-13-9/h4,6H,5H2,1-3H3. The first-order valence-electron chi connectivity index (χ1n) is 4.32. The Bertz CT molecular complexity index is 320. The van der Waals surface area contributed by atoms with Crippen LogP contribution in [0.3, 0.4) is 0 Å². The number of hydrogen-bond acceptors (Lipinski definition) is 2. The Labute approximate surface area is 94.2 Å². The third-order valence-electron chi connectivity index (χ3n) is 1.46. The Morgan fingerprint density at radius 3 is 2.57 bits per heavy atom. The van der Waals surface area contributed by atoms with Gasteiger partial charge < -0.3 is 4.74 Å². The molecule has 0 fully saturated rings. The normalized spacial score (nSPS) is 11.5. The van der Waals surface area contributed by atoms with Gasteiger partial charge in [0.05, 0.1) is 5.02 Å². The van der Waals surface area contributed by atoms with Crippen molar-refractivity contribution in [2.45, 2.75) is 32.3 Å². The number of alkyl halides is 1. The van der Waals surface area contributed by atoms with E-state index in [0.29, 0.717) is 16.8 Å². The molecule has 0 N–H and O–H groups in total. The van der Waals surface area contributed by atoms with E-state index < -0.39 is 0 Å². The first kappa shape index (κ1) is 11.6. The summed E-state index contributed by atoms with van der Waals surface area (Å²) in [7, 11) is 0. The van der Waals surface area contributed by atoms with Crippen molar-refractivity contribution in [2.24, 2.45) is 0 Å². The second-order valence-corrected chi connectivity index (χ2v) is 4.64. The van der Waals surface area contributed by atoms with Gasteiger partial charge in [-0.05, 0) is 26.3 Å². The molecule has 4 heteroatoms. The van der Waals surface area contributed by atoms with Crippen LogP contribution in [0.4, 0.5) is 0 Å². The van der Waals surface area contributed by atoms with E-state index in [9.17, 15) is 0 Å². The zero-order chi connectivity index (χ0) is 10.8. The van der Waals surface area contributed by atoms with Crippen LogP contribution in [-0.4, -0.2) is 10.6 Å². The van der Waals surface area contributed by atoms with Crippen LogP contribution in [0, 0.1) is 0 Å². The zero-order valence-electron chi connectivity index (χ0n) is 8.47. The summed E-state index contributed by atoms with van der Waals surface area (Å²) in [4.78, 5) is 4.06. The van der Waals surface area contributed by atoms with Crippen LogP contribution < -0.4 is 4.74 Å². The Balaban J connectivity index is 2.90. The van der Waals surface area contributed by atoms with Gasteiger partial charge in [0.1, 0.15) is 5.60 Å². The lowest BCUT2D eigenvalue weighted by Gasteiger charge is -2.20. The number of nitrogens with zero attached hydrogens (tertiary/aromatic N) is 1. The molecule has 0 aliphatic heterocycles. The van der Waals surface area contributed by atoms with E-state index in [1.165, 1.54) is 0 Å². The minimum absolute atomic E-state index is 0.260. The summed E-state index contributed by atoms with van der Waals surface area (Å²) in [6.07, 6.45) is 1.56. The lowest BCUT2D eigenvalue weighted by Crippen LogP contribution is -2.23. The highest BCUT2D eigenvalue weighted by molar-refractivity contribution is 6.32. The summed E-state index contributed by atoms with van der Waals surface area (Å²) >= 11 is 11.6. The molecule has 0 saturated carbocycles. The fourth-order valence-corrected chi connectivity index (χ4v) is 1.39. The van der Waals surface area contributed by atoms with Crippen molar-refractivity contribution in [1.82, 2.24) is 4.98 Å². The molecule has 1 heterocycles. The maximum absolute atomic E-state index is 5.87. The first-order chi connectivity index (χ1) is 6.42. The van der Waals surface area contributed by atoms with Gasteiger partial charge in [0.25, 0.3) is 0 Å². The highest BCUT2D eigenvalue weighted by Gasteiger charge is 2.13. The smallest absolute Gasteiger partial charge is 0.214 e. The topological polar surface area (TPSA) is 22.1 Å². The maximum atomic E-state index is 5.87. The number of aromatic nitrogens is 1. The van der Waals surface area contributed by atoms with Crippen molar-refractivity contribution in [3.8, 4) is 5.88 Å². The maximum Gasteiger partial charge on any atom is 0.214 e. The molecule has 0 saturated heterocycles. The number of pyridine rings is 1. The molecule has 0 aromatic carbocycles. The van der Waals surface area contributed by atoms with Crippen LogP contribution in [0.1, 0.15) is 26.3 Å². The van der Waals surface area contributed by atoms with E-state index in [4.69, 9.17) is 27.9 Å². The van der Waals surface area contributed by atoms with E-state index in [1.807, 2.05) is 20.8 Å². The molecule has 1 aromatic heterocycles. The van der Waals surface area contributed by atoms with Gasteiger partial charge in [-0.15, -0.1) is 11.6 Å². The quantitative estimate of drug-likeness (QED) is 0.728. The van der Waals surface area contributed by atoms with Gasteiger partial charge in [-0.3, -0.25) is 0 Å². The Morgan fingerprint density at radius 2 is 2.07 bits per heavy atom. The largest absolute Gasteiger partial charge is 0.472 e. The molecule has 2 nitrogen and oxygen atoms in total. The van der Waals surface area contributed by atoms with E-state index in [1.54, 1.807) is 12.3 Å². The minimum atomic E-state index is -0.260. The molecule has 0 atom stereocenters. The molecule has 0 bridgehead atoms. The Morgan fingerprint density at radius 1 is 1.43 bits per heavy atom. The zero-order valence-corrected chi connectivity index (χ0v) is 9.99. The Hall–Kier alpha value is -0.470. The minimum Gasteiger partial charge on any atom is -0.472 e. The van der Waals surface area contributed by atoms with Crippen molar-refractivity contribution < 1.29 is 4.74 Å². The third-order valence-corrected chi connectivity index (χ3v) is 2.09. The molecular weight excluding hydrogens is 221 g/mol. The summed E-state index contributed by atoms with van der Waals surface area (Å²) in [6, 6.07) is 1.76. The average Bonchev–Trinajstić information content (AvgIpc) is 2.06. The van der Waals surface area contributed by atoms with E-state index in [-0.39, 0.29) is 5.60 Å². The summed E-state index contributed by atoms with van der Waals surface area (Å²) in [5.74, 6) is 0.916. The molecule has 0 unspecified atom stereocenters. The predicted octanol–water partition coefficient (Wildman–Crippen LogP) is 3.65. The SMILES string of the molecule is CC(C)(C)Oc1cc(CCl)c(Cl)cn1. The predicted molar refractivity (Wildman–Crippen MR) is 59.2 cm³/mol. The van der Waals surface area contributed by atoms with E-state index in [2.05, 4.69) is 4.98 Å². The summed E-state index contributed by atoms with van der Waals surface area (Å²) in [6.45, 7) is 5.89. The first-order valence-corrected chi connectivity index (χ1v) is 5.23. The molecule has 0 aliphatic rings. The summed E-state index contributed by atoms with van der Waals surface area (Å²) in [5.41, 5.74) is 0.576. The molecule has 0 aliphatic carbocycles. The van der Waals surface area contributed by atoms with Gasteiger partial charge >= 0.3 is 0 Å². The van der Waals surface area contributed by atoms with Crippen LogP contribution >= 0.6 is 23.2 Å². The molecule has 1 rings (SSSR count). The molecule has 78 valence electrons.